The number of nitrogens with zero attached hydrogens (tertiary/aromatic N) is 1. The lowest BCUT2D eigenvalue weighted by molar-refractivity contribution is -0.118. The maximum absolute atomic E-state index is 11.8. The predicted octanol–water partition coefficient (Wildman–Crippen LogP) is 3.32. The molecule has 3 nitrogen and oxygen atoms in total. The minimum absolute atomic E-state index is 0.0940. The van der Waals surface area contributed by atoms with Crippen molar-refractivity contribution in [1.29, 1.82) is 0 Å². The molecule has 0 N–H and O–H groups in total. The van der Waals surface area contributed by atoms with E-state index in [1.54, 1.807) is 11.9 Å². The Morgan fingerprint density at radius 3 is 2.76 bits per heavy atom. The van der Waals surface area contributed by atoms with E-state index >= 15 is 0 Å². The molecule has 1 aliphatic heterocycles. The van der Waals surface area contributed by atoms with Crippen LogP contribution in [-0.2, 0) is 4.79 Å². The summed E-state index contributed by atoms with van der Waals surface area (Å²) in [6, 6.07) is 4.00. The smallest absolute Gasteiger partial charge is 0.230 e. The zero-order chi connectivity index (χ0) is 12.6. The van der Waals surface area contributed by atoms with Crippen LogP contribution in [-0.4, -0.2) is 19.6 Å². The van der Waals surface area contributed by atoms with Crippen LogP contribution in [0.2, 0.25) is 0 Å². The molecule has 17 heavy (non-hydrogen) atoms. The quantitative estimate of drug-likeness (QED) is 0.796. The van der Waals surface area contributed by atoms with E-state index in [0.29, 0.717) is 18.9 Å². The number of fused-ring (bicyclic) bond motifs is 1. The van der Waals surface area contributed by atoms with Crippen LogP contribution in [0.15, 0.2) is 16.6 Å². The molecule has 0 saturated heterocycles. The van der Waals surface area contributed by atoms with Gasteiger partial charge in [-0.3, -0.25) is 4.79 Å². The number of ether oxygens (including phenoxy) is 1. The molecule has 92 valence electrons. The van der Waals surface area contributed by atoms with Gasteiger partial charge in [-0.25, -0.2) is 0 Å². The molecular weight excluding hydrogens is 282 g/mol. The first-order valence-electron chi connectivity index (χ1n) is 5.73. The number of halogens is 1. The normalized spacial score (nSPS) is 15.6. The Labute approximate surface area is 110 Å². The molecule has 1 aliphatic rings. The van der Waals surface area contributed by atoms with Crippen molar-refractivity contribution in [3.63, 3.8) is 0 Å². The summed E-state index contributed by atoms with van der Waals surface area (Å²) < 4.78 is 6.73. The van der Waals surface area contributed by atoms with Gasteiger partial charge >= 0.3 is 0 Å². The standard InChI is InChI=1S/C13H16BrNO2/c1-8(2)10-6-9(14)7-11-13(10)17-5-4-12(16)15(11)3/h6-8H,4-5H2,1-3H3. The third-order valence-electron chi connectivity index (χ3n) is 2.98. The summed E-state index contributed by atoms with van der Waals surface area (Å²) in [5.74, 6) is 1.30. The molecule has 2 rings (SSSR count). The molecule has 4 heteroatoms. The highest BCUT2D eigenvalue weighted by Gasteiger charge is 2.23. The molecule has 1 aromatic carbocycles. The van der Waals surface area contributed by atoms with Gasteiger partial charge in [-0.15, -0.1) is 0 Å². The van der Waals surface area contributed by atoms with Crippen molar-refractivity contribution in [2.45, 2.75) is 26.2 Å². The molecule has 0 aromatic heterocycles. The molecule has 0 aliphatic carbocycles. The molecule has 1 aromatic rings. The lowest BCUT2D eigenvalue weighted by atomic mass is 10.0. The SMILES string of the molecule is CC(C)c1cc(Br)cc2c1OCCC(=O)N2C. The van der Waals surface area contributed by atoms with Crippen molar-refractivity contribution < 1.29 is 9.53 Å². The summed E-state index contributed by atoms with van der Waals surface area (Å²) in [4.78, 5) is 13.5. The molecule has 0 fully saturated rings. The fraction of sp³-hybridized carbons (Fsp3) is 0.462. The minimum atomic E-state index is 0.0940. The Bertz CT molecular complexity index is 457. The van der Waals surface area contributed by atoms with E-state index in [1.165, 1.54) is 0 Å². The van der Waals surface area contributed by atoms with Crippen LogP contribution in [0.4, 0.5) is 5.69 Å². The Balaban J connectivity index is 2.61. The van der Waals surface area contributed by atoms with Crippen molar-refractivity contribution in [3.05, 3.63) is 22.2 Å². The van der Waals surface area contributed by atoms with E-state index in [-0.39, 0.29) is 5.91 Å². The number of amides is 1. The summed E-state index contributed by atoms with van der Waals surface area (Å²) in [5.41, 5.74) is 1.99. The second-order valence-corrected chi connectivity index (χ2v) is 5.46. The Kier molecular flexibility index (Phi) is 3.43. The van der Waals surface area contributed by atoms with E-state index in [0.717, 1.165) is 21.5 Å². The summed E-state index contributed by atoms with van der Waals surface area (Å²) in [5, 5.41) is 0. The number of anilines is 1. The lowest BCUT2D eigenvalue weighted by Gasteiger charge is -2.20. The molecular formula is C13H16BrNO2. The Morgan fingerprint density at radius 1 is 1.41 bits per heavy atom. The first-order valence-corrected chi connectivity index (χ1v) is 6.52. The predicted molar refractivity (Wildman–Crippen MR) is 71.8 cm³/mol. The maximum atomic E-state index is 11.8. The van der Waals surface area contributed by atoms with Gasteiger partial charge in [0, 0.05) is 11.5 Å². The van der Waals surface area contributed by atoms with Gasteiger partial charge in [-0.05, 0) is 23.6 Å². The molecule has 0 atom stereocenters. The first-order chi connectivity index (χ1) is 8.00. The van der Waals surface area contributed by atoms with E-state index < -0.39 is 0 Å². The molecule has 0 spiro atoms. The van der Waals surface area contributed by atoms with Gasteiger partial charge in [0.1, 0.15) is 5.75 Å². The zero-order valence-corrected chi connectivity index (χ0v) is 11.9. The van der Waals surface area contributed by atoms with Crippen LogP contribution in [0, 0.1) is 0 Å². The van der Waals surface area contributed by atoms with Crippen LogP contribution in [0.1, 0.15) is 31.7 Å². The number of hydrogen-bond donors (Lipinski definition) is 0. The lowest BCUT2D eigenvalue weighted by Crippen LogP contribution is -2.25. The molecule has 0 bridgehead atoms. The third-order valence-corrected chi connectivity index (χ3v) is 3.44. The molecule has 0 saturated carbocycles. The first kappa shape index (κ1) is 12.4. The number of carbonyl (C=O) groups is 1. The minimum Gasteiger partial charge on any atom is -0.491 e. The van der Waals surface area contributed by atoms with E-state index in [4.69, 9.17) is 4.74 Å². The van der Waals surface area contributed by atoms with Gasteiger partial charge in [0.25, 0.3) is 0 Å². The van der Waals surface area contributed by atoms with Crippen LogP contribution >= 0.6 is 15.9 Å². The van der Waals surface area contributed by atoms with Crippen molar-refractivity contribution in [2.75, 3.05) is 18.6 Å². The fourth-order valence-electron chi connectivity index (χ4n) is 1.98. The van der Waals surface area contributed by atoms with Gasteiger partial charge in [0.05, 0.1) is 18.7 Å². The molecule has 0 unspecified atom stereocenters. The highest BCUT2D eigenvalue weighted by molar-refractivity contribution is 9.10. The highest BCUT2D eigenvalue weighted by atomic mass is 79.9. The number of hydrogen-bond acceptors (Lipinski definition) is 2. The second kappa shape index (κ2) is 4.69. The van der Waals surface area contributed by atoms with E-state index in [1.807, 2.05) is 6.07 Å². The van der Waals surface area contributed by atoms with Gasteiger partial charge in [-0.2, -0.15) is 0 Å². The van der Waals surface area contributed by atoms with Crippen molar-refractivity contribution in [2.24, 2.45) is 0 Å². The van der Waals surface area contributed by atoms with Gasteiger partial charge in [0.2, 0.25) is 5.91 Å². The fourth-order valence-corrected chi connectivity index (χ4v) is 2.44. The van der Waals surface area contributed by atoms with Crippen LogP contribution in [0.3, 0.4) is 0 Å². The zero-order valence-electron chi connectivity index (χ0n) is 10.3. The van der Waals surface area contributed by atoms with Crippen LogP contribution in [0.5, 0.6) is 5.75 Å². The second-order valence-electron chi connectivity index (χ2n) is 4.55. The summed E-state index contributed by atoms with van der Waals surface area (Å²) in [7, 11) is 1.80. The largest absolute Gasteiger partial charge is 0.491 e. The van der Waals surface area contributed by atoms with Gasteiger partial charge in [-0.1, -0.05) is 29.8 Å². The molecule has 1 heterocycles. The third kappa shape index (κ3) is 2.32. The highest BCUT2D eigenvalue weighted by Crippen LogP contribution is 2.40. The Morgan fingerprint density at radius 2 is 2.12 bits per heavy atom. The maximum Gasteiger partial charge on any atom is 0.230 e. The molecule has 1 amide bonds. The summed E-state index contributed by atoms with van der Waals surface area (Å²) in [6.07, 6.45) is 0.431. The van der Waals surface area contributed by atoms with Gasteiger partial charge < -0.3 is 9.64 Å². The van der Waals surface area contributed by atoms with Crippen molar-refractivity contribution in [1.82, 2.24) is 0 Å². The monoisotopic (exact) mass is 297 g/mol. The number of rotatable bonds is 1. The average molecular weight is 298 g/mol. The number of carbonyl (C=O) groups excluding carboxylic acids is 1. The topological polar surface area (TPSA) is 29.5 Å². The Hall–Kier alpha value is -1.03. The summed E-state index contributed by atoms with van der Waals surface area (Å²) >= 11 is 3.49. The van der Waals surface area contributed by atoms with E-state index in [9.17, 15) is 4.79 Å². The van der Waals surface area contributed by atoms with Crippen molar-refractivity contribution >= 4 is 27.5 Å². The van der Waals surface area contributed by atoms with Crippen molar-refractivity contribution in [3.8, 4) is 5.75 Å². The van der Waals surface area contributed by atoms with E-state index in [2.05, 4.69) is 35.8 Å². The number of benzene rings is 1. The molecule has 0 radical (unpaired) electrons. The van der Waals surface area contributed by atoms with Crippen LogP contribution in [0.25, 0.3) is 0 Å². The summed E-state index contributed by atoms with van der Waals surface area (Å²) in [6.45, 7) is 4.70. The van der Waals surface area contributed by atoms with Crippen LogP contribution < -0.4 is 9.64 Å². The van der Waals surface area contributed by atoms with Gasteiger partial charge in [0.15, 0.2) is 0 Å². The average Bonchev–Trinajstić information content (AvgIpc) is 2.40.